The number of hydrogen-bond donors (Lipinski definition) is 2. The van der Waals surface area contributed by atoms with E-state index < -0.39 is 11.9 Å². The molecule has 10 heteroatoms. The van der Waals surface area contributed by atoms with E-state index in [9.17, 15) is 14.4 Å². The maximum atomic E-state index is 13.5. The molecule has 5 rings (SSSR count). The van der Waals surface area contributed by atoms with Crippen LogP contribution >= 0.6 is 11.3 Å². The van der Waals surface area contributed by atoms with Crippen LogP contribution in [0.15, 0.2) is 29.6 Å². The summed E-state index contributed by atoms with van der Waals surface area (Å²) < 4.78 is 10.6. The number of carbonyl (C=O) groups excluding carboxylic acids is 3. The van der Waals surface area contributed by atoms with Gasteiger partial charge in [0, 0.05) is 29.4 Å². The Kier molecular flexibility index (Phi) is 6.09. The van der Waals surface area contributed by atoms with Gasteiger partial charge in [0.25, 0.3) is 5.91 Å². The highest BCUT2D eigenvalue weighted by Crippen LogP contribution is 2.33. The number of methoxy groups -OCH3 is 1. The number of carbonyl (C=O) groups is 3. The minimum absolute atomic E-state index is 0.0364. The lowest BCUT2D eigenvalue weighted by molar-refractivity contribution is -0.128. The van der Waals surface area contributed by atoms with Crippen LogP contribution in [0.4, 0.5) is 0 Å². The first-order valence-corrected chi connectivity index (χ1v) is 12.1. The molecule has 2 saturated heterocycles. The number of piperidine rings is 1. The molecule has 2 aliphatic rings. The number of benzene rings is 1. The van der Waals surface area contributed by atoms with Crippen LogP contribution in [0.3, 0.4) is 0 Å². The van der Waals surface area contributed by atoms with Crippen LogP contribution in [-0.2, 0) is 20.8 Å². The molecule has 1 aromatic carbocycles. The lowest BCUT2D eigenvalue weighted by Crippen LogP contribution is -2.55. The third-order valence-electron chi connectivity index (χ3n) is 6.60. The number of esters is 1. The maximum Gasteiger partial charge on any atom is 0.357 e. The topological polar surface area (TPSA) is 114 Å². The highest BCUT2D eigenvalue weighted by Gasteiger charge is 2.44. The minimum Gasteiger partial charge on any atom is -0.464 e. The molecule has 0 radical (unpaired) electrons. The predicted molar refractivity (Wildman–Crippen MR) is 126 cm³/mol. The molecule has 2 fully saturated rings. The number of likely N-dealkylation sites (tertiary alicyclic amines) is 1. The number of aromatic nitrogens is 2. The number of thiazole rings is 1. The number of nitrogens with one attached hydrogen (secondary N) is 2. The molecule has 2 N–H and O–H groups in total. The van der Waals surface area contributed by atoms with Crippen molar-refractivity contribution in [3.63, 3.8) is 0 Å². The molecule has 2 aliphatic heterocycles. The second-order valence-corrected chi connectivity index (χ2v) is 9.66. The summed E-state index contributed by atoms with van der Waals surface area (Å²) in [6, 6.07) is 7.80. The SMILES string of the molecule is COC(=O)c1csc(CNC(=O)C2C[C@@H]3OCC[C@@H]3N(C(=O)c3cc4cccc(C)c4[nH]3)C2)n1. The second kappa shape index (κ2) is 9.19. The van der Waals surface area contributed by atoms with Crippen LogP contribution in [-0.4, -0.2) is 65.1 Å². The summed E-state index contributed by atoms with van der Waals surface area (Å²) in [6.45, 7) is 3.12. The van der Waals surface area contributed by atoms with Crippen LogP contribution in [0.1, 0.15) is 44.4 Å². The van der Waals surface area contributed by atoms with Crippen molar-refractivity contribution in [1.82, 2.24) is 20.2 Å². The molecule has 0 aliphatic carbocycles. The molecule has 0 bridgehead atoms. The molecular formula is C24H26N4O5S. The van der Waals surface area contributed by atoms with Gasteiger partial charge in [-0.3, -0.25) is 9.59 Å². The Labute approximate surface area is 200 Å². The number of nitrogens with zero attached hydrogens (tertiary/aromatic N) is 2. The first kappa shape index (κ1) is 22.5. The summed E-state index contributed by atoms with van der Waals surface area (Å²) in [5.41, 5.74) is 2.77. The number of rotatable bonds is 5. The van der Waals surface area contributed by atoms with E-state index in [1.54, 1.807) is 10.3 Å². The number of amides is 2. The van der Waals surface area contributed by atoms with E-state index in [1.165, 1.54) is 18.4 Å². The lowest BCUT2D eigenvalue weighted by Gasteiger charge is -2.40. The average molecular weight is 483 g/mol. The minimum atomic E-state index is -0.508. The van der Waals surface area contributed by atoms with Crippen LogP contribution in [0.5, 0.6) is 0 Å². The number of para-hydroxylation sites is 1. The van der Waals surface area contributed by atoms with Gasteiger partial charge in [-0.25, -0.2) is 9.78 Å². The lowest BCUT2D eigenvalue weighted by atomic mass is 9.89. The average Bonchev–Trinajstić information content (AvgIpc) is 3.60. The van der Waals surface area contributed by atoms with Crippen molar-refractivity contribution >= 4 is 40.0 Å². The van der Waals surface area contributed by atoms with Gasteiger partial charge in [0.05, 0.1) is 31.7 Å². The maximum absolute atomic E-state index is 13.5. The Bertz CT molecular complexity index is 1250. The molecule has 0 saturated carbocycles. The van der Waals surface area contributed by atoms with Crippen molar-refractivity contribution in [2.75, 3.05) is 20.3 Å². The molecule has 9 nitrogen and oxygen atoms in total. The molecule has 0 spiro atoms. The van der Waals surface area contributed by atoms with Crippen molar-refractivity contribution < 1.29 is 23.9 Å². The highest BCUT2D eigenvalue weighted by atomic mass is 32.1. The smallest absolute Gasteiger partial charge is 0.357 e. The summed E-state index contributed by atoms with van der Waals surface area (Å²) in [4.78, 5) is 47.4. The normalized spacial score (nSPS) is 21.9. The summed E-state index contributed by atoms with van der Waals surface area (Å²) in [7, 11) is 1.30. The number of hydrogen-bond acceptors (Lipinski definition) is 7. The first-order valence-electron chi connectivity index (χ1n) is 11.3. The van der Waals surface area contributed by atoms with Gasteiger partial charge in [-0.1, -0.05) is 18.2 Å². The number of ether oxygens (including phenoxy) is 2. The van der Waals surface area contributed by atoms with Gasteiger partial charge < -0.3 is 24.7 Å². The van der Waals surface area contributed by atoms with Gasteiger partial charge in [0.2, 0.25) is 5.91 Å². The van der Waals surface area contributed by atoms with E-state index >= 15 is 0 Å². The van der Waals surface area contributed by atoms with Gasteiger partial charge >= 0.3 is 5.97 Å². The quantitative estimate of drug-likeness (QED) is 0.541. The zero-order valence-corrected chi connectivity index (χ0v) is 19.8. The summed E-state index contributed by atoms with van der Waals surface area (Å²) in [6.07, 6.45) is 1.17. The molecular weight excluding hydrogens is 456 g/mol. The van der Waals surface area contributed by atoms with Crippen LogP contribution in [0.25, 0.3) is 10.9 Å². The van der Waals surface area contributed by atoms with Gasteiger partial charge in [-0.15, -0.1) is 11.3 Å². The van der Waals surface area contributed by atoms with Gasteiger partial charge in [0.1, 0.15) is 10.7 Å². The molecule has 2 amide bonds. The first-order chi connectivity index (χ1) is 16.4. The van der Waals surface area contributed by atoms with E-state index in [-0.39, 0.29) is 36.2 Å². The molecule has 1 unspecified atom stereocenters. The molecule has 3 aromatic rings. The van der Waals surface area contributed by atoms with E-state index in [1.807, 2.05) is 31.2 Å². The number of aromatic amines is 1. The van der Waals surface area contributed by atoms with Gasteiger partial charge in [-0.2, -0.15) is 0 Å². The third-order valence-corrected chi connectivity index (χ3v) is 7.44. The van der Waals surface area contributed by atoms with Gasteiger partial charge in [-0.05, 0) is 31.4 Å². The second-order valence-electron chi connectivity index (χ2n) is 8.71. The summed E-state index contributed by atoms with van der Waals surface area (Å²) in [5, 5.41) is 6.11. The Balaban J connectivity index is 1.30. The molecule has 2 aromatic heterocycles. The molecule has 3 atom stereocenters. The van der Waals surface area contributed by atoms with E-state index in [4.69, 9.17) is 4.74 Å². The zero-order chi connectivity index (χ0) is 23.8. The van der Waals surface area contributed by atoms with Crippen LogP contribution in [0, 0.1) is 12.8 Å². The fourth-order valence-electron chi connectivity index (χ4n) is 4.85. The van der Waals surface area contributed by atoms with Crippen LogP contribution in [0.2, 0.25) is 0 Å². The standard InChI is InChI=1S/C24H26N4O5S/c1-13-4-3-5-14-8-16(27-21(13)14)23(30)28-11-15(9-19-18(28)6-7-33-19)22(29)25-10-20-26-17(12-34-20)24(31)32-2/h3-5,8,12,15,18-19,27H,6-7,9-11H2,1-2H3,(H,25,29)/t15?,18-,19-/m0/s1. The van der Waals surface area contributed by atoms with Crippen molar-refractivity contribution in [1.29, 1.82) is 0 Å². The zero-order valence-electron chi connectivity index (χ0n) is 19.0. The van der Waals surface area contributed by atoms with Crippen molar-refractivity contribution in [3.8, 4) is 0 Å². The molecule has 4 heterocycles. The van der Waals surface area contributed by atoms with Crippen molar-refractivity contribution in [2.24, 2.45) is 5.92 Å². The fraction of sp³-hybridized carbons (Fsp3) is 0.417. The van der Waals surface area contributed by atoms with E-state index in [0.717, 1.165) is 22.9 Å². The van der Waals surface area contributed by atoms with Gasteiger partial charge in [0.15, 0.2) is 5.69 Å². The van der Waals surface area contributed by atoms with Crippen molar-refractivity contribution in [3.05, 3.63) is 51.6 Å². The number of H-pyrrole nitrogens is 1. The highest BCUT2D eigenvalue weighted by molar-refractivity contribution is 7.09. The largest absolute Gasteiger partial charge is 0.464 e. The van der Waals surface area contributed by atoms with E-state index in [2.05, 4.69) is 20.0 Å². The van der Waals surface area contributed by atoms with Crippen LogP contribution < -0.4 is 5.32 Å². The Morgan fingerprint density at radius 2 is 2.21 bits per heavy atom. The number of fused-ring (bicyclic) bond motifs is 2. The Hall–Kier alpha value is -3.24. The fourth-order valence-corrected chi connectivity index (χ4v) is 5.55. The molecule has 34 heavy (non-hydrogen) atoms. The summed E-state index contributed by atoms with van der Waals surface area (Å²) in [5.74, 6) is -1.17. The number of aryl methyl sites for hydroxylation is 1. The molecule has 178 valence electrons. The van der Waals surface area contributed by atoms with Crippen molar-refractivity contribution in [2.45, 2.75) is 38.5 Å². The monoisotopic (exact) mass is 482 g/mol. The third kappa shape index (κ3) is 4.19. The Morgan fingerprint density at radius 1 is 1.35 bits per heavy atom. The Morgan fingerprint density at radius 3 is 3.00 bits per heavy atom. The predicted octanol–water partition coefficient (Wildman–Crippen LogP) is 2.66. The van der Waals surface area contributed by atoms with E-state index in [0.29, 0.717) is 30.3 Å². The summed E-state index contributed by atoms with van der Waals surface area (Å²) >= 11 is 1.28.